The van der Waals surface area contributed by atoms with Crippen molar-refractivity contribution < 1.29 is 18.8 Å². The van der Waals surface area contributed by atoms with Crippen molar-refractivity contribution in [1.29, 1.82) is 0 Å². The summed E-state index contributed by atoms with van der Waals surface area (Å²) >= 11 is 0. The summed E-state index contributed by atoms with van der Waals surface area (Å²) in [6, 6.07) is 1.80. The number of carbonyl (C=O) groups excluding carboxylic acids is 2. The Morgan fingerprint density at radius 1 is 1.31 bits per heavy atom. The molecular formula is C20H29N5O4. The van der Waals surface area contributed by atoms with E-state index in [9.17, 15) is 9.59 Å². The molecule has 0 bridgehead atoms. The van der Waals surface area contributed by atoms with Crippen LogP contribution < -0.4 is 5.32 Å². The highest BCUT2D eigenvalue weighted by atomic mass is 16.5. The molecule has 1 saturated heterocycles. The Bertz CT molecular complexity index is 866. The van der Waals surface area contributed by atoms with Crippen molar-refractivity contribution in [2.24, 2.45) is 0 Å². The van der Waals surface area contributed by atoms with Crippen LogP contribution in [0, 0.1) is 13.8 Å². The Morgan fingerprint density at radius 2 is 2.03 bits per heavy atom. The van der Waals surface area contributed by atoms with E-state index in [4.69, 9.17) is 9.26 Å². The van der Waals surface area contributed by atoms with E-state index in [-0.39, 0.29) is 23.6 Å². The molecule has 2 aromatic rings. The number of nitrogens with one attached hydrogen (secondary N) is 1. The predicted molar refractivity (Wildman–Crippen MR) is 106 cm³/mol. The standard InChI is InChI=1S/C20H29N5O4/c1-5-25-14(3)19(13(2)22-25)18-12-17(23-29-18)20(27)21-8-9-24(15(4)26)16-6-10-28-11-7-16/h12,16H,5-11H2,1-4H3,(H,21,27). The van der Waals surface area contributed by atoms with Gasteiger partial charge in [-0.2, -0.15) is 5.10 Å². The van der Waals surface area contributed by atoms with Gasteiger partial charge in [-0.15, -0.1) is 0 Å². The molecule has 2 aromatic heterocycles. The molecule has 0 unspecified atom stereocenters. The Hall–Kier alpha value is -2.68. The number of nitrogens with zero attached hydrogens (tertiary/aromatic N) is 4. The molecule has 0 radical (unpaired) electrons. The third-order valence-electron chi connectivity index (χ3n) is 5.34. The van der Waals surface area contributed by atoms with Gasteiger partial charge in [-0.05, 0) is 33.6 Å². The van der Waals surface area contributed by atoms with Gasteiger partial charge in [-0.1, -0.05) is 5.16 Å². The Balaban J connectivity index is 1.60. The molecule has 1 aliphatic rings. The normalized spacial score (nSPS) is 14.8. The summed E-state index contributed by atoms with van der Waals surface area (Å²) in [6.07, 6.45) is 1.65. The second kappa shape index (κ2) is 9.21. The number of amides is 2. The van der Waals surface area contributed by atoms with Gasteiger partial charge in [0.2, 0.25) is 5.91 Å². The first-order chi connectivity index (χ1) is 13.9. The van der Waals surface area contributed by atoms with Gasteiger partial charge in [0, 0.05) is 57.6 Å². The van der Waals surface area contributed by atoms with Crippen molar-refractivity contribution in [3.05, 3.63) is 23.1 Å². The molecule has 29 heavy (non-hydrogen) atoms. The summed E-state index contributed by atoms with van der Waals surface area (Å²) in [7, 11) is 0. The van der Waals surface area contributed by atoms with Crippen molar-refractivity contribution in [3.63, 3.8) is 0 Å². The Morgan fingerprint density at radius 3 is 2.66 bits per heavy atom. The lowest BCUT2D eigenvalue weighted by molar-refractivity contribution is -0.132. The van der Waals surface area contributed by atoms with Crippen LogP contribution in [0.5, 0.6) is 0 Å². The van der Waals surface area contributed by atoms with E-state index in [1.165, 1.54) is 0 Å². The fraction of sp³-hybridized carbons (Fsp3) is 0.600. The van der Waals surface area contributed by atoms with Gasteiger partial charge in [0.05, 0.1) is 11.3 Å². The molecule has 9 nitrogen and oxygen atoms in total. The minimum Gasteiger partial charge on any atom is -0.381 e. The maximum atomic E-state index is 12.5. The first kappa shape index (κ1) is 21.0. The van der Waals surface area contributed by atoms with Gasteiger partial charge < -0.3 is 19.5 Å². The molecule has 9 heteroatoms. The highest BCUT2D eigenvalue weighted by Gasteiger charge is 2.24. The molecule has 1 N–H and O–H groups in total. The molecule has 2 amide bonds. The fourth-order valence-electron chi connectivity index (χ4n) is 3.84. The van der Waals surface area contributed by atoms with E-state index in [2.05, 4.69) is 15.6 Å². The zero-order valence-corrected chi connectivity index (χ0v) is 17.5. The number of hydrogen-bond donors (Lipinski definition) is 1. The van der Waals surface area contributed by atoms with Gasteiger partial charge >= 0.3 is 0 Å². The smallest absolute Gasteiger partial charge is 0.273 e. The number of carbonyl (C=O) groups is 2. The van der Waals surface area contributed by atoms with Gasteiger partial charge in [0.25, 0.3) is 5.91 Å². The lowest BCUT2D eigenvalue weighted by atomic mass is 10.1. The number of aromatic nitrogens is 3. The molecule has 0 saturated carbocycles. The lowest BCUT2D eigenvalue weighted by Crippen LogP contribution is -2.46. The van der Waals surface area contributed by atoms with Crippen LogP contribution in [0.4, 0.5) is 0 Å². The second-order valence-electron chi connectivity index (χ2n) is 7.25. The molecule has 0 atom stereocenters. The van der Waals surface area contributed by atoms with Crippen molar-refractivity contribution in [3.8, 4) is 11.3 Å². The average molecular weight is 403 g/mol. The molecule has 0 aromatic carbocycles. The van der Waals surface area contributed by atoms with Crippen LogP contribution in [0.1, 0.15) is 48.6 Å². The number of hydrogen-bond acceptors (Lipinski definition) is 6. The molecule has 158 valence electrons. The van der Waals surface area contributed by atoms with Gasteiger partial charge in [-0.25, -0.2) is 0 Å². The Labute approximate surface area is 170 Å². The SMILES string of the molecule is CCn1nc(C)c(-c2cc(C(=O)NCCN(C(C)=O)C3CCOCC3)no2)c1C. The minimum absolute atomic E-state index is 0.00811. The summed E-state index contributed by atoms with van der Waals surface area (Å²) in [6.45, 7) is 10.3. The minimum atomic E-state index is -0.325. The van der Waals surface area contributed by atoms with E-state index >= 15 is 0 Å². The topological polar surface area (TPSA) is 102 Å². The summed E-state index contributed by atoms with van der Waals surface area (Å²) in [5.74, 6) is 0.208. The van der Waals surface area contributed by atoms with Gasteiger partial charge in [0.1, 0.15) is 0 Å². The number of aryl methyl sites for hydroxylation is 2. The van der Waals surface area contributed by atoms with Crippen LogP contribution in [0.25, 0.3) is 11.3 Å². The van der Waals surface area contributed by atoms with Crippen molar-refractivity contribution in [1.82, 2.24) is 25.2 Å². The summed E-state index contributed by atoms with van der Waals surface area (Å²) in [4.78, 5) is 26.3. The lowest BCUT2D eigenvalue weighted by Gasteiger charge is -2.33. The number of rotatable bonds is 7. The highest BCUT2D eigenvalue weighted by Crippen LogP contribution is 2.27. The average Bonchev–Trinajstić information content (AvgIpc) is 3.29. The van der Waals surface area contributed by atoms with Crippen molar-refractivity contribution in [2.45, 2.75) is 53.1 Å². The summed E-state index contributed by atoms with van der Waals surface area (Å²) in [5.41, 5.74) is 2.88. The largest absolute Gasteiger partial charge is 0.381 e. The highest BCUT2D eigenvalue weighted by molar-refractivity contribution is 5.93. The molecule has 3 rings (SSSR count). The molecular weight excluding hydrogens is 374 g/mol. The summed E-state index contributed by atoms with van der Waals surface area (Å²) < 4.78 is 12.7. The van der Waals surface area contributed by atoms with Crippen LogP contribution in [-0.2, 0) is 16.1 Å². The van der Waals surface area contributed by atoms with Crippen molar-refractivity contribution in [2.75, 3.05) is 26.3 Å². The summed E-state index contributed by atoms with van der Waals surface area (Å²) in [5, 5.41) is 11.2. The third kappa shape index (κ3) is 4.67. The predicted octanol–water partition coefficient (Wildman–Crippen LogP) is 1.93. The van der Waals surface area contributed by atoms with Gasteiger partial charge in [-0.3, -0.25) is 14.3 Å². The van der Waals surface area contributed by atoms with E-state index in [0.29, 0.717) is 32.1 Å². The van der Waals surface area contributed by atoms with Gasteiger partial charge in [0.15, 0.2) is 11.5 Å². The molecule has 1 aliphatic heterocycles. The van der Waals surface area contributed by atoms with Crippen LogP contribution in [0.2, 0.25) is 0 Å². The molecule has 3 heterocycles. The second-order valence-corrected chi connectivity index (χ2v) is 7.25. The van der Waals surface area contributed by atoms with E-state index in [1.54, 1.807) is 13.0 Å². The monoisotopic (exact) mass is 403 g/mol. The quantitative estimate of drug-likeness (QED) is 0.758. The Kier molecular flexibility index (Phi) is 6.68. The van der Waals surface area contributed by atoms with E-state index in [1.807, 2.05) is 30.4 Å². The van der Waals surface area contributed by atoms with Crippen molar-refractivity contribution >= 4 is 11.8 Å². The van der Waals surface area contributed by atoms with Crippen LogP contribution in [-0.4, -0.2) is 64.0 Å². The van der Waals surface area contributed by atoms with E-state index < -0.39 is 0 Å². The molecule has 0 spiro atoms. The zero-order chi connectivity index (χ0) is 21.0. The molecule has 0 aliphatic carbocycles. The molecule has 1 fully saturated rings. The maximum Gasteiger partial charge on any atom is 0.273 e. The first-order valence-corrected chi connectivity index (χ1v) is 10.1. The zero-order valence-electron chi connectivity index (χ0n) is 17.5. The third-order valence-corrected chi connectivity index (χ3v) is 5.34. The van der Waals surface area contributed by atoms with E-state index in [0.717, 1.165) is 36.3 Å². The first-order valence-electron chi connectivity index (χ1n) is 10.1. The van der Waals surface area contributed by atoms with Crippen LogP contribution in [0.15, 0.2) is 10.6 Å². The van der Waals surface area contributed by atoms with Crippen LogP contribution >= 0.6 is 0 Å². The number of ether oxygens (including phenoxy) is 1. The van der Waals surface area contributed by atoms with Crippen LogP contribution in [0.3, 0.4) is 0 Å². The maximum absolute atomic E-state index is 12.5. The fourth-order valence-corrected chi connectivity index (χ4v) is 3.84.